The van der Waals surface area contributed by atoms with Gasteiger partial charge in [-0.05, 0) is 34.1 Å². The molecule has 0 aliphatic rings. The normalized spacial score (nSPS) is 10.5. The third kappa shape index (κ3) is 3.16. The van der Waals surface area contributed by atoms with Crippen LogP contribution in [-0.2, 0) is 13.6 Å². The molecule has 100 valence electrons. The first-order chi connectivity index (χ1) is 8.99. The number of amides is 1. The molecule has 0 radical (unpaired) electrons. The standard InChI is InChI=1S/C12H11Br2N3O2/c1-17-8(2-3-16-17)6-15-12(19)9-4-7(13)5-10(14)11(9)18/h2-5,18H,6H2,1H3,(H,15,19). The Hall–Kier alpha value is -1.34. The Morgan fingerprint density at radius 2 is 2.21 bits per heavy atom. The Morgan fingerprint density at radius 1 is 1.47 bits per heavy atom. The van der Waals surface area contributed by atoms with Crippen LogP contribution >= 0.6 is 31.9 Å². The van der Waals surface area contributed by atoms with Crippen molar-refractivity contribution < 1.29 is 9.90 Å². The van der Waals surface area contributed by atoms with Gasteiger partial charge in [0.05, 0.1) is 22.3 Å². The van der Waals surface area contributed by atoms with Gasteiger partial charge in [-0.25, -0.2) is 0 Å². The summed E-state index contributed by atoms with van der Waals surface area (Å²) in [6, 6.07) is 5.06. The number of aromatic hydroxyl groups is 1. The van der Waals surface area contributed by atoms with Crippen LogP contribution in [0.3, 0.4) is 0 Å². The zero-order valence-corrected chi connectivity index (χ0v) is 13.2. The molecule has 0 unspecified atom stereocenters. The van der Waals surface area contributed by atoms with E-state index in [1.54, 1.807) is 30.1 Å². The zero-order chi connectivity index (χ0) is 14.0. The predicted molar refractivity (Wildman–Crippen MR) is 77.9 cm³/mol. The molecule has 1 aromatic carbocycles. The average molecular weight is 389 g/mol. The van der Waals surface area contributed by atoms with Crippen LogP contribution < -0.4 is 5.32 Å². The lowest BCUT2D eigenvalue weighted by atomic mass is 10.2. The summed E-state index contributed by atoms with van der Waals surface area (Å²) in [4.78, 5) is 12.0. The van der Waals surface area contributed by atoms with Gasteiger partial charge in [-0.15, -0.1) is 0 Å². The van der Waals surface area contributed by atoms with E-state index in [4.69, 9.17) is 0 Å². The Balaban J connectivity index is 2.15. The van der Waals surface area contributed by atoms with Crippen LogP contribution in [0.4, 0.5) is 0 Å². The maximum absolute atomic E-state index is 12.0. The number of halogens is 2. The highest BCUT2D eigenvalue weighted by atomic mass is 79.9. The topological polar surface area (TPSA) is 67.2 Å². The van der Waals surface area contributed by atoms with Crippen LogP contribution in [0, 0.1) is 0 Å². The number of phenolic OH excluding ortho intramolecular Hbond substituents is 1. The lowest BCUT2D eigenvalue weighted by Crippen LogP contribution is -2.24. The van der Waals surface area contributed by atoms with Crippen molar-refractivity contribution >= 4 is 37.8 Å². The maximum Gasteiger partial charge on any atom is 0.255 e. The number of aromatic nitrogens is 2. The monoisotopic (exact) mass is 387 g/mol. The van der Waals surface area contributed by atoms with E-state index < -0.39 is 0 Å². The number of nitrogens with zero attached hydrogens (tertiary/aromatic N) is 2. The summed E-state index contributed by atoms with van der Waals surface area (Å²) in [6.07, 6.45) is 1.66. The molecular weight excluding hydrogens is 378 g/mol. The predicted octanol–water partition coefficient (Wildman–Crippen LogP) is 2.58. The summed E-state index contributed by atoms with van der Waals surface area (Å²) in [5.74, 6) is -0.425. The summed E-state index contributed by atoms with van der Waals surface area (Å²) >= 11 is 6.47. The Morgan fingerprint density at radius 3 is 2.84 bits per heavy atom. The van der Waals surface area contributed by atoms with Gasteiger partial charge in [0.2, 0.25) is 0 Å². The molecule has 5 nitrogen and oxygen atoms in total. The second kappa shape index (κ2) is 5.75. The summed E-state index contributed by atoms with van der Waals surface area (Å²) in [5, 5.41) is 16.6. The SMILES string of the molecule is Cn1nccc1CNC(=O)c1cc(Br)cc(Br)c1O. The fraction of sp³-hybridized carbons (Fsp3) is 0.167. The van der Waals surface area contributed by atoms with E-state index in [-0.39, 0.29) is 17.2 Å². The molecule has 0 saturated carbocycles. The lowest BCUT2D eigenvalue weighted by molar-refractivity contribution is 0.0947. The van der Waals surface area contributed by atoms with Gasteiger partial charge in [0.15, 0.2) is 0 Å². The van der Waals surface area contributed by atoms with Gasteiger partial charge < -0.3 is 10.4 Å². The largest absolute Gasteiger partial charge is 0.506 e. The smallest absolute Gasteiger partial charge is 0.255 e. The van der Waals surface area contributed by atoms with Crippen LogP contribution in [0.15, 0.2) is 33.3 Å². The molecule has 0 spiro atoms. The van der Waals surface area contributed by atoms with E-state index in [0.29, 0.717) is 15.5 Å². The Labute approximate surface area is 126 Å². The van der Waals surface area contributed by atoms with E-state index in [0.717, 1.165) is 5.69 Å². The van der Waals surface area contributed by atoms with Crippen molar-refractivity contribution in [2.45, 2.75) is 6.54 Å². The molecule has 0 aliphatic carbocycles. The minimum absolute atomic E-state index is 0.0780. The van der Waals surface area contributed by atoms with E-state index in [9.17, 15) is 9.90 Å². The number of carbonyl (C=O) groups is 1. The highest BCUT2D eigenvalue weighted by molar-refractivity contribution is 9.11. The van der Waals surface area contributed by atoms with E-state index in [2.05, 4.69) is 42.3 Å². The van der Waals surface area contributed by atoms with Gasteiger partial charge in [0, 0.05) is 17.7 Å². The number of benzene rings is 1. The Kier molecular flexibility index (Phi) is 4.26. The van der Waals surface area contributed by atoms with Crippen LogP contribution in [0.1, 0.15) is 16.1 Å². The van der Waals surface area contributed by atoms with Crippen molar-refractivity contribution in [2.24, 2.45) is 7.05 Å². The van der Waals surface area contributed by atoms with Gasteiger partial charge in [-0.1, -0.05) is 15.9 Å². The second-order valence-electron chi connectivity index (χ2n) is 3.91. The average Bonchev–Trinajstić information content (AvgIpc) is 2.76. The molecule has 1 aromatic heterocycles. The van der Waals surface area contributed by atoms with Gasteiger partial charge in [-0.2, -0.15) is 5.10 Å². The quantitative estimate of drug-likeness (QED) is 0.849. The first-order valence-corrected chi connectivity index (χ1v) is 7.00. The van der Waals surface area contributed by atoms with Crippen molar-refractivity contribution in [3.63, 3.8) is 0 Å². The van der Waals surface area contributed by atoms with Gasteiger partial charge >= 0.3 is 0 Å². The molecule has 1 amide bonds. The zero-order valence-electron chi connectivity index (χ0n) is 10.0. The third-order valence-electron chi connectivity index (χ3n) is 2.63. The second-order valence-corrected chi connectivity index (χ2v) is 5.68. The first-order valence-electron chi connectivity index (χ1n) is 5.42. The lowest BCUT2D eigenvalue weighted by Gasteiger charge is -2.09. The fourth-order valence-corrected chi connectivity index (χ4v) is 2.81. The fourth-order valence-electron chi connectivity index (χ4n) is 1.58. The molecule has 0 fully saturated rings. The van der Waals surface area contributed by atoms with Crippen molar-refractivity contribution in [1.82, 2.24) is 15.1 Å². The third-order valence-corrected chi connectivity index (χ3v) is 3.69. The van der Waals surface area contributed by atoms with Crippen LogP contribution in [-0.4, -0.2) is 20.8 Å². The van der Waals surface area contributed by atoms with Crippen molar-refractivity contribution in [3.8, 4) is 5.75 Å². The summed E-state index contributed by atoms with van der Waals surface area (Å²) in [7, 11) is 1.80. The highest BCUT2D eigenvalue weighted by Gasteiger charge is 2.15. The van der Waals surface area contributed by atoms with Crippen molar-refractivity contribution in [3.05, 3.63) is 44.6 Å². The van der Waals surface area contributed by atoms with Gasteiger partial charge in [0.1, 0.15) is 5.75 Å². The van der Waals surface area contributed by atoms with Crippen molar-refractivity contribution in [1.29, 1.82) is 0 Å². The number of rotatable bonds is 3. The molecule has 2 aromatic rings. The van der Waals surface area contributed by atoms with Gasteiger partial charge in [0.25, 0.3) is 5.91 Å². The van der Waals surface area contributed by atoms with E-state index >= 15 is 0 Å². The number of hydrogen-bond acceptors (Lipinski definition) is 3. The number of aryl methyl sites for hydroxylation is 1. The number of phenols is 1. The first kappa shape index (κ1) is 14.1. The molecule has 0 saturated heterocycles. The summed E-state index contributed by atoms with van der Waals surface area (Å²) < 4.78 is 2.85. The molecular formula is C12H11Br2N3O2. The summed E-state index contributed by atoms with van der Waals surface area (Å²) in [6.45, 7) is 0.346. The van der Waals surface area contributed by atoms with Crippen LogP contribution in [0.5, 0.6) is 5.75 Å². The molecule has 2 N–H and O–H groups in total. The number of nitrogens with one attached hydrogen (secondary N) is 1. The molecule has 0 bridgehead atoms. The number of carbonyl (C=O) groups excluding carboxylic acids is 1. The molecule has 0 atom stereocenters. The summed E-state index contributed by atoms with van der Waals surface area (Å²) in [5.41, 5.74) is 1.09. The minimum Gasteiger partial charge on any atom is -0.506 e. The number of hydrogen-bond donors (Lipinski definition) is 2. The molecule has 2 rings (SSSR count). The van der Waals surface area contributed by atoms with Gasteiger partial charge in [-0.3, -0.25) is 9.48 Å². The Bertz CT molecular complexity index is 625. The molecule has 0 aliphatic heterocycles. The van der Waals surface area contributed by atoms with E-state index in [1.807, 2.05) is 6.07 Å². The van der Waals surface area contributed by atoms with Crippen LogP contribution in [0.25, 0.3) is 0 Å². The van der Waals surface area contributed by atoms with E-state index in [1.165, 1.54) is 0 Å². The minimum atomic E-state index is -0.347. The maximum atomic E-state index is 12.0. The highest BCUT2D eigenvalue weighted by Crippen LogP contribution is 2.31. The molecule has 1 heterocycles. The molecule has 7 heteroatoms. The van der Waals surface area contributed by atoms with Crippen molar-refractivity contribution in [2.75, 3.05) is 0 Å². The van der Waals surface area contributed by atoms with Crippen LogP contribution in [0.2, 0.25) is 0 Å². The molecule has 19 heavy (non-hydrogen) atoms.